The first kappa shape index (κ1) is 15.0. The zero-order chi connectivity index (χ0) is 14.9. The maximum absolute atomic E-state index is 13.0. The molecule has 1 atom stereocenters. The number of benzene rings is 2. The Balaban J connectivity index is 2.51. The summed E-state index contributed by atoms with van der Waals surface area (Å²) in [4.78, 5) is 0. The van der Waals surface area contributed by atoms with Gasteiger partial charge in [0.2, 0.25) is 0 Å². The Morgan fingerprint density at radius 1 is 1.00 bits per heavy atom. The molecule has 0 saturated carbocycles. The lowest BCUT2D eigenvalue weighted by Crippen LogP contribution is -2.13. The van der Waals surface area contributed by atoms with Crippen molar-refractivity contribution in [1.82, 2.24) is 0 Å². The first-order valence-electron chi connectivity index (χ1n) is 5.60. The molecule has 20 heavy (non-hydrogen) atoms. The summed E-state index contributed by atoms with van der Waals surface area (Å²) in [6, 6.07) is 8.18. The highest BCUT2D eigenvalue weighted by Crippen LogP contribution is 2.38. The summed E-state index contributed by atoms with van der Waals surface area (Å²) < 4.78 is 51.9. The normalized spacial score (nSPS) is 13.3. The van der Waals surface area contributed by atoms with Gasteiger partial charge in [0.15, 0.2) is 0 Å². The molecule has 1 N–H and O–H groups in total. The Labute approximate surface area is 121 Å². The van der Waals surface area contributed by atoms with E-state index < -0.39 is 23.7 Å². The van der Waals surface area contributed by atoms with Crippen molar-refractivity contribution in [2.75, 3.05) is 0 Å². The monoisotopic (exact) mass is 348 g/mol. The molecule has 0 fully saturated rings. The number of aliphatic hydroxyl groups excluding tert-OH is 1. The summed E-state index contributed by atoms with van der Waals surface area (Å²) in [5.74, 6) is -0.545. The lowest BCUT2D eigenvalue weighted by molar-refractivity contribution is -0.139. The smallest absolute Gasteiger partial charge is 0.384 e. The van der Waals surface area contributed by atoms with Gasteiger partial charge in [0.1, 0.15) is 11.9 Å². The van der Waals surface area contributed by atoms with Crippen LogP contribution in [0, 0.1) is 5.82 Å². The number of hydrogen-bond acceptors (Lipinski definition) is 1. The van der Waals surface area contributed by atoms with E-state index in [0.29, 0.717) is 0 Å². The molecule has 0 bridgehead atoms. The van der Waals surface area contributed by atoms with Crippen LogP contribution in [0.25, 0.3) is 0 Å². The van der Waals surface area contributed by atoms with Gasteiger partial charge in [-0.25, -0.2) is 4.39 Å². The van der Waals surface area contributed by atoms with E-state index in [1.54, 1.807) is 0 Å². The van der Waals surface area contributed by atoms with E-state index in [2.05, 4.69) is 15.9 Å². The summed E-state index contributed by atoms with van der Waals surface area (Å²) >= 11 is 3.04. The van der Waals surface area contributed by atoms with E-state index in [1.807, 2.05) is 0 Å². The van der Waals surface area contributed by atoms with Gasteiger partial charge >= 0.3 is 6.18 Å². The van der Waals surface area contributed by atoms with E-state index in [9.17, 15) is 22.7 Å². The third kappa shape index (κ3) is 3.02. The van der Waals surface area contributed by atoms with Crippen molar-refractivity contribution in [1.29, 1.82) is 0 Å². The molecule has 0 heterocycles. The zero-order valence-corrected chi connectivity index (χ0v) is 11.5. The minimum Gasteiger partial charge on any atom is -0.384 e. The Kier molecular flexibility index (Phi) is 4.15. The van der Waals surface area contributed by atoms with Gasteiger partial charge in [-0.05, 0) is 29.3 Å². The van der Waals surface area contributed by atoms with Crippen molar-refractivity contribution >= 4 is 15.9 Å². The predicted molar refractivity (Wildman–Crippen MR) is 69.6 cm³/mol. The summed E-state index contributed by atoms with van der Waals surface area (Å²) in [7, 11) is 0. The predicted octanol–water partition coefficient (Wildman–Crippen LogP) is 4.69. The van der Waals surface area contributed by atoms with Crippen LogP contribution < -0.4 is 0 Å². The van der Waals surface area contributed by atoms with Crippen LogP contribution in [-0.4, -0.2) is 5.11 Å². The first-order valence-corrected chi connectivity index (χ1v) is 6.39. The molecule has 1 nitrogen and oxygen atoms in total. The van der Waals surface area contributed by atoms with E-state index in [1.165, 1.54) is 24.3 Å². The third-order valence-electron chi connectivity index (χ3n) is 2.82. The first-order chi connectivity index (χ1) is 9.30. The van der Waals surface area contributed by atoms with Crippen molar-refractivity contribution < 1.29 is 22.7 Å². The average molecular weight is 349 g/mol. The number of aliphatic hydroxyl groups is 1. The number of halogens is 5. The summed E-state index contributed by atoms with van der Waals surface area (Å²) in [6.45, 7) is 0. The molecule has 0 saturated heterocycles. The number of alkyl halides is 3. The Morgan fingerprint density at radius 2 is 1.65 bits per heavy atom. The molecular weight excluding hydrogens is 340 g/mol. The van der Waals surface area contributed by atoms with E-state index >= 15 is 0 Å². The SMILES string of the molecule is OC(c1ccc(F)cc1Br)c1ccccc1C(F)(F)F. The third-order valence-corrected chi connectivity index (χ3v) is 3.50. The van der Waals surface area contributed by atoms with Gasteiger partial charge in [-0.1, -0.05) is 40.2 Å². The molecular formula is C14H9BrF4O. The van der Waals surface area contributed by atoms with Crippen molar-refractivity contribution in [2.24, 2.45) is 0 Å². The molecule has 0 radical (unpaired) electrons. The highest BCUT2D eigenvalue weighted by molar-refractivity contribution is 9.10. The van der Waals surface area contributed by atoms with Crippen molar-refractivity contribution in [2.45, 2.75) is 12.3 Å². The molecule has 2 aromatic carbocycles. The van der Waals surface area contributed by atoms with Crippen molar-refractivity contribution in [3.63, 3.8) is 0 Å². The Morgan fingerprint density at radius 3 is 2.25 bits per heavy atom. The second kappa shape index (κ2) is 5.54. The molecule has 0 spiro atoms. The van der Waals surface area contributed by atoms with Gasteiger partial charge in [-0.3, -0.25) is 0 Å². The van der Waals surface area contributed by atoms with Crippen LogP contribution in [0.2, 0.25) is 0 Å². The van der Waals surface area contributed by atoms with Gasteiger partial charge in [0.25, 0.3) is 0 Å². The molecule has 0 aromatic heterocycles. The van der Waals surface area contributed by atoms with Crippen LogP contribution in [0.4, 0.5) is 17.6 Å². The van der Waals surface area contributed by atoms with Gasteiger partial charge in [-0.15, -0.1) is 0 Å². The number of rotatable bonds is 2. The van der Waals surface area contributed by atoms with Crippen molar-refractivity contribution in [3.8, 4) is 0 Å². The van der Waals surface area contributed by atoms with Crippen LogP contribution in [0.3, 0.4) is 0 Å². The Hall–Kier alpha value is -1.40. The minimum absolute atomic E-state index is 0.170. The van der Waals surface area contributed by atoms with Crippen LogP contribution in [0.15, 0.2) is 46.9 Å². The molecule has 0 aliphatic carbocycles. The molecule has 1 unspecified atom stereocenters. The second-order valence-electron chi connectivity index (χ2n) is 4.15. The topological polar surface area (TPSA) is 20.2 Å². The van der Waals surface area contributed by atoms with Crippen molar-refractivity contribution in [3.05, 3.63) is 69.4 Å². The summed E-state index contributed by atoms with van der Waals surface area (Å²) in [6.07, 6.45) is -6.06. The molecule has 106 valence electrons. The zero-order valence-electron chi connectivity index (χ0n) is 9.96. The second-order valence-corrected chi connectivity index (χ2v) is 5.01. The fraction of sp³-hybridized carbons (Fsp3) is 0.143. The van der Waals surface area contributed by atoms with E-state index in [0.717, 1.165) is 18.2 Å². The van der Waals surface area contributed by atoms with Gasteiger partial charge in [-0.2, -0.15) is 13.2 Å². The molecule has 2 aromatic rings. The van der Waals surface area contributed by atoms with Crippen LogP contribution >= 0.6 is 15.9 Å². The maximum Gasteiger partial charge on any atom is 0.416 e. The maximum atomic E-state index is 13.0. The van der Waals surface area contributed by atoms with Gasteiger partial charge in [0.05, 0.1) is 5.56 Å². The van der Waals surface area contributed by atoms with E-state index in [-0.39, 0.29) is 15.6 Å². The fourth-order valence-corrected chi connectivity index (χ4v) is 2.45. The molecule has 2 rings (SSSR count). The highest BCUT2D eigenvalue weighted by atomic mass is 79.9. The van der Waals surface area contributed by atoms with E-state index in [4.69, 9.17) is 0 Å². The fourth-order valence-electron chi connectivity index (χ4n) is 1.88. The largest absolute Gasteiger partial charge is 0.416 e. The molecule has 0 amide bonds. The summed E-state index contributed by atoms with van der Waals surface area (Å²) in [5, 5.41) is 10.2. The van der Waals surface area contributed by atoms with Crippen LogP contribution in [0.1, 0.15) is 22.8 Å². The van der Waals surface area contributed by atoms with Crippen LogP contribution in [0.5, 0.6) is 0 Å². The summed E-state index contributed by atoms with van der Waals surface area (Å²) in [5.41, 5.74) is -1.01. The molecule has 0 aliphatic heterocycles. The minimum atomic E-state index is -4.57. The highest BCUT2D eigenvalue weighted by Gasteiger charge is 2.35. The lowest BCUT2D eigenvalue weighted by atomic mass is 9.96. The number of hydrogen-bond donors (Lipinski definition) is 1. The van der Waals surface area contributed by atoms with Gasteiger partial charge < -0.3 is 5.11 Å². The van der Waals surface area contributed by atoms with Gasteiger partial charge in [0, 0.05) is 4.47 Å². The molecule has 0 aliphatic rings. The standard InChI is InChI=1S/C14H9BrF4O/c15-12-7-8(16)5-6-10(12)13(20)9-3-1-2-4-11(9)14(17,18)19/h1-7,13,20H. The lowest BCUT2D eigenvalue weighted by Gasteiger charge is -2.18. The van der Waals surface area contributed by atoms with Crippen LogP contribution in [-0.2, 0) is 6.18 Å². The quantitative estimate of drug-likeness (QED) is 0.780. The Bertz CT molecular complexity index is 625. The molecule has 6 heteroatoms. The average Bonchev–Trinajstić information content (AvgIpc) is 2.37.